The van der Waals surface area contributed by atoms with Gasteiger partial charge >= 0.3 is 25.7 Å². The summed E-state index contributed by atoms with van der Waals surface area (Å²) in [5, 5.41) is 110. The molecule has 0 spiro atoms. The number of ether oxygens (including phenoxy) is 7. The van der Waals surface area contributed by atoms with Crippen LogP contribution in [-0.2, 0) is 61.2 Å². The Labute approximate surface area is 567 Å². The standard InChI is InChI=1S/C70H129O24P/c1-5-8-11-14-17-19-21-22-24-25-27-33-38-43-54(72)86-47-51(89-56(74)45-40-35-28-26-23-20-18-15-12-9-6-2)48-88-95(84,85)94-68-66(92-69-64(82)59(77)57(75)52(46-71)90-69)62(80)61(79)63(81)67(68)93-70-65(83)60(78)58(76)53(91-70)49-87-55(73)44-39-34-30-29-32-37-42-50(4)41-36-31-16-13-10-7-3/h22,24,50-53,57-71,75-83H,5-21,23,25-49H2,1-4H3,(H,84,85)/b24-22-. The fourth-order valence-corrected chi connectivity index (χ4v) is 13.3. The van der Waals surface area contributed by atoms with Crippen LogP contribution >= 0.6 is 7.82 Å². The number of carbonyl (C=O) groups excluding carboxylic acids is 3. The van der Waals surface area contributed by atoms with Crippen molar-refractivity contribution in [2.45, 2.75) is 382 Å². The van der Waals surface area contributed by atoms with Crippen molar-refractivity contribution in [1.82, 2.24) is 0 Å². The average Bonchev–Trinajstić information content (AvgIpc) is 0.764. The number of unbranched alkanes of at least 4 members (excludes halogenated alkanes) is 29. The van der Waals surface area contributed by atoms with Crippen molar-refractivity contribution in [2.24, 2.45) is 5.92 Å². The smallest absolute Gasteiger partial charge is 0.463 e. The lowest BCUT2D eigenvalue weighted by Gasteiger charge is -2.49. The van der Waals surface area contributed by atoms with Gasteiger partial charge in [-0.05, 0) is 50.9 Å². The lowest BCUT2D eigenvalue weighted by Crippen LogP contribution is -2.69. The number of aliphatic hydroxyl groups is 10. The van der Waals surface area contributed by atoms with Crippen LogP contribution in [0.2, 0.25) is 0 Å². The van der Waals surface area contributed by atoms with Crippen molar-refractivity contribution in [1.29, 1.82) is 0 Å². The fourth-order valence-electron chi connectivity index (χ4n) is 12.3. The van der Waals surface area contributed by atoms with Crippen LogP contribution in [-0.4, -0.2) is 204 Å². The number of allylic oxidation sites excluding steroid dienone is 2. The maximum absolute atomic E-state index is 14.3. The van der Waals surface area contributed by atoms with Gasteiger partial charge in [-0.2, -0.15) is 0 Å². The number of hydrogen-bond acceptors (Lipinski definition) is 23. The Kier molecular flexibility index (Phi) is 47.4. The van der Waals surface area contributed by atoms with Gasteiger partial charge in [0.2, 0.25) is 0 Å². The molecule has 1 saturated carbocycles. The van der Waals surface area contributed by atoms with E-state index in [1.165, 1.54) is 116 Å². The Morgan fingerprint density at radius 2 is 0.800 bits per heavy atom. The van der Waals surface area contributed by atoms with Crippen LogP contribution in [0.3, 0.4) is 0 Å². The zero-order valence-corrected chi connectivity index (χ0v) is 59.0. The number of hydrogen-bond donors (Lipinski definition) is 11. The predicted molar refractivity (Wildman–Crippen MR) is 356 cm³/mol. The number of aliphatic hydroxyl groups excluding tert-OH is 10. The molecule has 2 saturated heterocycles. The molecule has 19 unspecified atom stereocenters. The molecule has 0 aromatic rings. The Hall–Kier alpha value is -2.30. The molecule has 0 aromatic heterocycles. The highest BCUT2D eigenvalue weighted by atomic mass is 31.2. The SMILES string of the molecule is CCCCCCCC/C=C\CCCCCC(=O)OCC(COP(=O)(O)OC1C(OC2OC(CO)C(O)C(O)C2O)C(O)C(O)C(O)C1OC1OC(COC(=O)CCCCCCCCC(C)CCCCCCCC)C(O)C(O)C1O)OC(=O)CCCCCCCCCCCCC. The quantitative estimate of drug-likeness (QED) is 0.00887. The van der Waals surface area contributed by atoms with E-state index in [2.05, 4.69) is 39.8 Å². The van der Waals surface area contributed by atoms with Gasteiger partial charge in [-0.1, -0.05) is 226 Å². The molecule has 2 aliphatic heterocycles. The Morgan fingerprint density at radius 3 is 1.25 bits per heavy atom. The van der Waals surface area contributed by atoms with Crippen molar-refractivity contribution in [3.05, 3.63) is 12.2 Å². The number of carbonyl (C=O) groups is 3. The van der Waals surface area contributed by atoms with E-state index in [-0.39, 0.29) is 19.3 Å². The average molecular weight is 1390 g/mol. The third kappa shape index (κ3) is 35.7. The van der Waals surface area contributed by atoms with Crippen molar-refractivity contribution < 1.29 is 117 Å². The minimum absolute atomic E-state index is 0.0270. The van der Waals surface area contributed by atoms with E-state index < -0.39 is 156 Å². The summed E-state index contributed by atoms with van der Waals surface area (Å²) < 4.78 is 64.9. The summed E-state index contributed by atoms with van der Waals surface area (Å²) in [5.41, 5.74) is 0. The molecule has 558 valence electrons. The zero-order valence-electron chi connectivity index (χ0n) is 58.1. The molecule has 25 heteroatoms. The lowest BCUT2D eigenvalue weighted by atomic mass is 9.84. The summed E-state index contributed by atoms with van der Waals surface area (Å²) in [5.74, 6) is -1.31. The molecular formula is C70H129O24P. The minimum Gasteiger partial charge on any atom is -0.463 e. The molecule has 0 bridgehead atoms. The summed E-state index contributed by atoms with van der Waals surface area (Å²) in [6.45, 7) is 5.72. The van der Waals surface area contributed by atoms with Gasteiger partial charge in [0.25, 0.3) is 0 Å². The summed E-state index contributed by atoms with van der Waals surface area (Å²) >= 11 is 0. The summed E-state index contributed by atoms with van der Waals surface area (Å²) in [7, 11) is -5.69. The van der Waals surface area contributed by atoms with Gasteiger partial charge in [-0.15, -0.1) is 0 Å². The van der Waals surface area contributed by atoms with Crippen LogP contribution in [0.1, 0.15) is 278 Å². The Bertz CT molecular complexity index is 2040. The molecule has 3 fully saturated rings. The van der Waals surface area contributed by atoms with E-state index in [0.717, 1.165) is 96.3 Å². The molecule has 3 rings (SSSR count). The maximum atomic E-state index is 14.3. The second kappa shape index (κ2) is 51.8. The first-order chi connectivity index (χ1) is 45.7. The van der Waals surface area contributed by atoms with E-state index in [0.29, 0.717) is 25.2 Å². The monoisotopic (exact) mass is 1380 g/mol. The number of rotatable bonds is 56. The molecule has 0 aromatic carbocycles. The molecule has 3 aliphatic rings. The van der Waals surface area contributed by atoms with Gasteiger partial charge in [-0.25, -0.2) is 4.57 Å². The van der Waals surface area contributed by atoms with Crippen LogP contribution < -0.4 is 0 Å². The number of esters is 3. The topological polar surface area (TPSA) is 374 Å². The lowest BCUT2D eigenvalue weighted by molar-refractivity contribution is -0.360. The van der Waals surface area contributed by atoms with Gasteiger partial charge in [0, 0.05) is 19.3 Å². The zero-order chi connectivity index (χ0) is 69.8. The molecule has 1 aliphatic carbocycles. The molecule has 11 N–H and O–H groups in total. The van der Waals surface area contributed by atoms with Crippen LogP contribution in [0.15, 0.2) is 12.2 Å². The van der Waals surface area contributed by atoms with Crippen LogP contribution in [0.5, 0.6) is 0 Å². The fraction of sp³-hybridized carbons (Fsp3) is 0.929. The van der Waals surface area contributed by atoms with Crippen LogP contribution in [0.25, 0.3) is 0 Å². The van der Waals surface area contributed by atoms with Gasteiger partial charge in [0.05, 0.1) is 13.2 Å². The van der Waals surface area contributed by atoms with E-state index in [9.17, 15) is 74.9 Å². The summed E-state index contributed by atoms with van der Waals surface area (Å²) in [4.78, 5) is 50.9. The van der Waals surface area contributed by atoms with E-state index in [1.807, 2.05) is 0 Å². The van der Waals surface area contributed by atoms with E-state index in [1.54, 1.807) is 0 Å². The minimum atomic E-state index is -5.69. The predicted octanol–water partition coefficient (Wildman–Crippen LogP) is 9.43. The highest BCUT2D eigenvalue weighted by Crippen LogP contribution is 2.49. The van der Waals surface area contributed by atoms with Gasteiger partial charge in [-0.3, -0.25) is 23.4 Å². The van der Waals surface area contributed by atoms with Crippen LogP contribution in [0, 0.1) is 5.92 Å². The maximum Gasteiger partial charge on any atom is 0.472 e. The first kappa shape index (κ1) is 86.9. The van der Waals surface area contributed by atoms with Crippen molar-refractivity contribution >= 4 is 25.7 Å². The van der Waals surface area contributed by atoms with Crippen molar-refractivity contribution in [3.8, 4) is 0 Å². The molecule has 24 nitrogen and oxygen atoms in total. The normalized spacial score (nSPS) is 28.5. The second-order valence-electron chi connectivity index (χ2n) is 26.9. The second-order valence-corrected chi connectivity index (χ2v) is 28.3. The summed E-state index contributed by atoms with van der Waals surface area (Å²) in [6, 6.07) is 0. The highest BCUT2D eigenvalue weighted by Gasteiger charge is 2.58. The van der Waals surface area contributed by atoms with Crippen LogP contribution in [0.4, 0.5) is 0 Å². The molecule has 0 amide bonds. The van der Waals surface area contributed by atoms with Crippen molar-refractivity contribution in [2.75, 3.05) is 26.4 Å². The van der Waals surface area contributed by atoms with Gasteiger partial charge < -0.3 is 89.1 Å². The largest absolute Gasteiger partial charge is 0.472 e. The molecule has 0 radical (unpaired) electrons. The molecular weight excluding hydrogens is 1260 g/mol. The number of phosphoric acid groups is 1. The van der Waals surface area contributed by atoms with E-state index in [4.69, 9.17) is 42.2 Å². The highest BCUT2D eigenvalue weighted by molar-refractivity contribution is 7.47. The first-order valence-corrected chi connectivity index (χ1v) is 38.4. The molecule has 95 heavy (non-hydrogen) atoms. The van der Waals surface area contributed by atoms with Gasteiger partial charge in [0.15, 0.2) is 18.7 Å². The third-order valence-electron chi connectivity index (χ3n) is 18.4. The Morgan fingerprint density at radius 1 is 0.432 bits per heavy atom. The van der Waals surface area contributed by atoms with Gasteiger partial charge in [0.1, 0.15) is 98.7 Å². The Balaban J connectivity index is 1.74. The molecule has 19 atom stereocenters. The van der Waals surface area contributed by atoms with Crippen molar-refractivity contribution in [3.63, 3.8) is 0 Å². The number of phosphoric ester groups is 1. The third-order valence-corrected chi connectivity index (χ3v) is 19.4. The summed E-state index contributed by atoms with van der Waals surface area (Å²) in [6.07, 6.45) is 7.39. The first-order valence-electron chi connectivity index (χ1n) is 36.9. The molecule has 2 heterocycles. The van der Waals surface area contributed by atoms with E-state index >= 15 is 0 Å².